The molecule has 2 rings (SSSR count). The molecule has 0 aromatic heterocycles. The van der Waals surface area contributed by atoms with Crippen LogP contribution in [0.2, 0.25) is 5.02 Å². The van der Waals surface area contributed by atoms with Crippen LogP contribution in [0.25, 0.3) is 0 Å². The number of nitrogens with zero attached hydrogens (tertiary/aromatic N) is 2. The number of esters is 1. The van der Waals surface area contributed by atoms with Crippen molar-refractivity contribution in [3.63, 3.8) is 0 Å². The highest BCUT2D eigenvalue weighted by molar-refractivity contribution is 6.30. The lowest BCUT2D eigenvalue weighted by Gasteiger charge is -2.13. The van der Waals surface area contributed by atoms with Crippen molar-refractivity contribution in [2.24, 2.45) is 0 Å². The molecule has 134 valence electrons. The Kier molecular flexibility index (Phi) is 6.35. The lowest BCUT2D eigenvalue weighted by molar-refractivity contribution is -0.150. The second kappa shape index (κ2) is 8.48. The monoisotopic (exact) mass is 367 g/mol. The van der Waals surface area contributed by atoms with Gasteiger partial charge in [-0.3, -0.25) is 19.3 Å². The molecule has 0 spiro atoms. The van der Waals surface area contributed by atoms with E-state index < -0.39 is 37.0 Å². The molecule has 0 unspecified atom stereocenters. The maximum absolute atomic E-state index is 11.6. The first-order valence-corrected chi connectivity index (χ1v) is 7.97. The molecule has 1 N–H and O–H groups in total. The summed E-state index contributed by atoms with van der Waals surface area (Å²) in [6.45, 7) is -0.658. The Balaban J connectivity index is 1.65. The zero-order valence-corrected chi connectivity index (χ0v) is 14.4. The topological polar surface area (TPSA) is 96.0 Å². The van der Waals surface area contributed by atoms with Crippen molar-refractivity contribution in [1.29, 1.82) is 0 Å². The SMILES string of the molecule is CN1CC(=O)N(CC(=O)OCC(=O)NCCc2ccc(Cl)cc2)C1=O. The van der Waals surface area contributed by atoms with Crippen LogP contribution in [0.4, 0.5) is 4.79 Å². The van der Waals surface area contributed by atoms with Gasteiger partial charge < -0.3 is 15.0 Å². The molecule has 0 saturated carbocycles. The van der Waals surface area contributed by atoms with Crippen molar-refractivity contribution in [3.8, 4) is 0 Å². The number of rotatable bonds is 7. The van der Waals surface area contributed by atoms with Gasteiger partial charge in [0.25, 0.3) is 11.8 Å². The number of hydrogen-bond donors (Lipinski definition) is 1. The minimum atomic E-state index is -0.815. The quantitative estimate of drug-likeness (QED) is 0.557. The van der Waals surface area contributed by atoms with Gasteiger partial charge in [-0.25, -0.2) is 4.79 Å². The van der Waals surface area contributed by atoms with Gasteiger partial charge in [-0.15, -0.1) is 0 Å². The van der Waals surface area contributed by atoms with Gasteiger partial charge in [0.2, 0.25) is 0 Å². The molecule has 1 aromatic carbocycles. The van der Waals surface area contributed by atoms with E-state index in [0.717, 1.165) is 10.5 Å². The van der Waals surface area contributed by atoms with Crippen molar-refractivity contribution >= 4 is 35.4 Å². The van der Waals surface area contributed by atoms with Gasteiger partial charge in [-0.05, 0) is 24.1 Å². The average molecular weight is 368 g/mol. The van der Waals surface area contributed by atoms with E-state index in [4.69, 9.17) is 16.3 Å². The largest absolute Gasteiger partial charge is 0.454 e. The van der Waals surface area contributed by atoms with E-state index in [9.17, 15) is 19.2 Å². The molecule has 1 fully saturated rings. The first-order chi connectivity index (χ1) is 11.9. The fourth-order valence-electron chi connectivity index (χ4n) is 2.19. The molecule has 8 nitrogen and oxygen atoms in total. The fourth-order valence-corrected chi connectivity index (χ4v) is 2.32. The van der Waals surface area contributed by atoms with Crippen molar-refractivity contribution in [2.45, 2.75) is 6.42 Å². The number of halogens is 1. The lowest BCUT2D eigenvalue weighted by Crippen LogP contribution is -2.38. The normalized spacial score (nSPS) is 14.0. The van der Waals surface area contributed by atoms with Crippen LogP contribution in [0.1, 0.15) is 5.56 Å². The van der Waals surface area contributed by atoms with Crippen molar-refractivity contribution < 1.29 is 23.9 Å². The van der Waals surface area contributed by atoms with E-state index in [0.29, 0.717) is 18.0 Å². The number of benzene rings is 1. The third-order valence-corrected chi connectivity index (χ3v) is 3.78. The van der Waals surface area contributed by atoms with E-state index in [1.807, 2.05) is 12.1 Å². The van der Waals surface area contributed by atoms with Crippen LogP contribution in [0.3, 0.4) is 0 Å². The molecule has 4 amide bonds. The number of ether oxygens (including phenoxy) is 1. The van der Waals surface area contributed by atoms with Gasteiger partial charge in [0.15, 0.2) is 6.61 Å². The highest BCUT2D eigenvalue weighted by Crippen LogP contribution is 2.09. The number of carbonyl (C=O) groups excluding carboxylic acids is 4. The molecule has 1 saturated heterocycles. The van der Waals surface area contributed by atoms with Gasteiger partial charge in [0.1, 0.15) is 13.1 Å². The van der Waals surface area contributed by atoms with Crippen LogP contribution < -0.4 is 5.32 Å². The van der Waals surface area contributed by atoms with Crippen LogP contribution in [0.5, 0.6) is 0 Å². The van der Waals surface area contributed by atoms with E-state index >= 15 is 0 Å². The standard InChI is InChI=1S/C16H18ClN3O5/c1-19-8-14(22)20(16(19)24)9-15(23)25-10-13(21)18-7-6-11-2-4-12(17)5-3-11/h2-5H,6-10H2,1H3,(H,18,21). The number of carbonyl (C=O) groups is 4. The molecule has 0 aliphatic carbocycles. The van der Waals surface area contributed by atoms with Crippen LogP contribution in [0, 0.1) is 0 Å². The highest BCUT2D eigenvalue weighted by atomic mass is 35.5. The third-order valence-electron chi connectivity index (χ3n) is 3.53. The summed E-state index contributed by atoms with van der Waals surface area (Å²) in [5.74, 6) is -1.75. The van der Waals surface area contributed by atoms with Gasteiger partial charge in [0.05, 0.1) is 0 Å². The van der Waals surface area contributed by atoms with E-state index in [1.165, 1.54) is 11.9 Å². The Morgan fingerprint density at radius 3 is 2.52 bits per heavy atom. The van der Waals surface area contributed by atoms with Crippen LogP contribution in [-0.2, 0) is 25.5 Å². The van der Waals surface area contributed by atoms with Crippen LogP contribution in [-0.4, -0.2) is 66.9 Å². The number of likely N-dealkylation sites (N-methyl/N-ethyl adjacent to an activating group) is 1. The first-order valence-electron chi connectivity index (χ1n) is 7.59. The van der Waals surface area contributed by atoms with Crippen molar-refractivity contribution in [3.05, 3.63) is 34.9 Å². The van der Waals surface area contributed by atoms with E-state index in [1.54, 1.807) is 12.1 Å². The fraction of sp³-hybridized carbons (Fsp3) is 0.375. The molecule has 1 heterocycles. The second-order valence-corrected chi connectivity index (χ2v) is 5.94. The Morgan fingerprint density at radius 2 is 1.92 bits per heavy atom. The lowest BCUT2D eigenvalue weighted by atomic mass is 10.1. The van der Waals surface area contributed by atoms with Gasteiger partial charge in [0, 0.05) is 18.6 Å². The van der Waals surface area contributed by atoms with Crippen molar-refractivity contribution in [2.75, 3.05) is 33.3 Å². The maximum atomic E-state index is 11.6. The van der Waals surface area contributed by atoms with Crippen LogP contribution >= 0.6 is 11.6 Å². The molecule has 25 heavy (non-hydrogen) atoms. The summed E-state index contributed by atoms with van der Waals surface area (Å²) in [7, 11) is 1.46. The highest BCUT2D eigenvalue weighted by Gasteiger charge is 2.35. The smallest absolute Gasteiger partial charge is 0.327 e. The number of nitrogens with one attached hydrogen (secondary N) is 1. The predicted octanol–water partition coefficient (Wildman–Crippen LogP) is 0.436. The Bertz CT molecular complexity index is 677. The molecule has 0 bridgehead atoms. The molecule has 1 aromatic rings. The summed E-state index contributed by atoms with van der Waals surface area (Å²) in [5.41, 5.74) is 1.01. The average Bonchev–Trinajstić information content (AvgIpc) is 2.81. The van der Waals surface area contributed by atoms with Crippen molar-refractivity contribution in [1.82, 2.24) is 15.1 Å². The summed E-state index contributed by atoms with van der Waals surface area (Å²) >= 11 is 5.79. The summed E-state index contributed by atoms with van der Waals surface area (Å²) in [4.78, 5) is 48.4. The van der Waals surface area contributed by atoms with E-state index in [2.05, 4.69) is 5.32 Å². The summed E-state index contributed by atoms with van der Waals surface area (Å²) < 4.78 is 4.78. The van der Waals surface area contributed by atoms with Gasteiger partial charge in [-0.2, -0.15) is 0 Å². The molecule has 1 aliphatic heterocycles. The summed E-state index contributed by atoms with van der Waals surface area (Å²) in [6, 6.07) is 6.68. The summed E-state index contributed by atoms with van der Waals surface area (Å²) in [5, 5.41) is 3.25. The number of imide groups is 1. The Hall–Kier alpha value is -2.61. The molecule has 0 radical (unpaired) electrons. The number of urea groups is 1. The molecule has 9 heteroatoms. The minimum absolute atomic E-state index is 0.0721. The molecular weight excluding hydrogens is 350 g/mol. The zero-order valence-electron chi connectivity index (χ0n) is 13.7. The number of amides is 4. The zero-order chi connectivity index (χ0) is 18.4. The summed E-state index contributed by atoms with van der Waals surface area (Å²) in [6.07, 6.45) is 0.611. The van der Waals surface area contributed by atoms with Gasteiger partial charge in [-0.1, -0.05) is 23.7 Å². The Labute approximate surface area is 149 Å². The predicted molar refractivity (Wildman–Crippen MR) is 88.9 cm³/mol. The maximum Gasteiger partial charge on any atom is 0.327 e. The molecule has 0 atom stereocenters. The van der Waals surface area contributed by atoms with Gasteiger partial charge >= 0.3 is 12.0 Å². The number of hydrogen-bond acceptors (Lipinski definition) is 5. The Morgan fingerprint density at radius 1 is 1.24 bits per heavy atom. The third kappa shape index (κ3) is 5.46. The first kappa shape index (κ1) is 18.7. The second-order valence-electron chi connectivity index (χ2n) is 5.51. The minimum Gasteiger partial charge on any atom is -0.454 e. The molecule has 1 aliphatic rings. The van der Waals surface area contributed by atoms with Crippen LogP contribution in [0.15, 0.2) is 24.3 Å². The van der Waals surface area contributed by atoms with E-state index in [-0.39, 0.29) is 6.54 Å². The molecular formula is C16H18ClN3O5.